The van der Waals surface area contributed by atoms with Gasteiger partial charge < -0.3 is 15.8 Å². The van der Waals surface area contributed by atoms with Crippen LogP contribution in [0.2, 0.25) is 0 Å². The Labute approximate surface area is 154 Å². The number of hydrogen-bond donors (Lipinski definition) is 2. The highest BCUT2D eigenvalue weighted by atomic mass is 127. The third-order valence-electron chi connectivity index (χ3n) is 3.54. The summed E-state index contributed by atoms with van der Waals surface area (Å²) in [5.41, 5.74) is 8.07. The van der Waals surface area contributed by atoms with Crippen LogP contribution in [-0.2, 0) is 6.54 Å². The van der Waals surface area contributed by atoms with Gasteiger partial charge in [0, 0.05) is 11.6 Å². The zero-order chi connectivity index (χ0) is 15.4. The molecule has 2 aromatic rings. The molecule has 0 spiro atoms. The maximum atomic E-state index is 5.99. The first-order chi connectivity index (χ1) is 10.7. The fourth-order valence-electron chi connectivity index (χ4n) is 2.19. The number of nitrogens with zero attached hydrogens (tertiary/aromatic N) is 1. The summed E-state index contributed by atoms with van der Waals surface area (Å²) in [6.07, 6.45) is 2.37. The summed E-state index contributed by atoms with van der Waals surface area (Å²) in [5, 5.41) is 3.19. The molecule has 0 atom stereocenters. The van der Waals surface area contributed by atoms with E-state index in [1.807, 2.05) is 55.5 Å². The molecule has 4 nitrogen and oxygen atoms in total. The Bertz CT molecular complexity index is 683. The minimum atomic E-state index is 0. The number of aliphatic imine (C=N–C) groups is 1. The van der Waals surface area contributed by atoms with E-state index < -0.39 is 0 Å². The molecule has 0 bridgehead atoms. The highest BCUT2D eigenvalue weighted by Gasteiger charge is 2.21. The van der Waals surface area contributed by atoms with Crippen molar-refractivity contribution in [3.8, 4) is 11.5 Å². The van der Waals surface area contributed by atoms with Crippen LogP contribution in [-0.4, -0.2) is 12.0 Å². The average molecular weight is 423 g/mol. The molecule has 0 radical (unpaired) electrons. The van der Waals surface area contributed by atoms with E-state index in [-0.39, 0.29) is 24.0 Å². The fraction of sp³-hybridized carbons (Fsp3) is 0.278. The van der Waals surface area contributed by atoms with Crippen LogP contribution in [0.3, 0.4) is 0 Å². The lowest BCUT2D eigenvalue weighted by Gasteiger charge is -2.11. The van der Waals surface area contributed by atoms with E-state index in [1.165, 1.54) is 18.4 Å². The predicted octanol–water partition coefficient (Wildman–Crippen LogP) is 3.97. The zero-order valence-electron chi connectivity index (χ0n) is 13.2. The molecule has 5 heteroatoms. The van der Waals surface area contributed by atoms with E-state index in [2.05, 4.69) is 10.3 Å². The highest BCUT2D eigenvalue weighted by Crippen LogP contribution is 2.26. The number of aryl methyl sites for hydroxylation is 1. The van der Waals surface area contributed by atoms with Crippen molar-refractivity contribution in [2.24, 2.45) is 10.7 Å². The van der Waals surface area contributed by atoms with Gasteiger partial charge in [0.2, 0.25) is 0 Å². The number of halogens is 1. The third-order valence-corrected chi connectivity index (χ3v) is 3.54. The minimum absolute atomic E-state index is 0. The Morgan fingerprint density at radius 3 is 2.74 bits per heavy atom. The van der Waals surface area contributed by atoms with Gasteiger partial charge in [-0.15, -0.1) is 24.0 Å². The van der Waals surface area contributed by atoms with E-state index in [0.29, 0.717) is 18.5 Å². The van der Waals surface area contributed by atoms with Crippen LogP contribution in [0.15, 0.2) is 53.5 Å². The number of rotatable bonds is 5. The number of hydrogen-bond acceptors (Lipinski definition) is 2. The molecule has 1 aliphatic carbocycles. The van der Waals surface area contributed by atoms with Gasteiger partial charge in [-0.1, -0.05) is 30.3 Å². The molecule has 1 aliphatic rings. The first-order valence-corrected chi connectivity index (χ1v) is 7.59. The number of benzene rings is 2. The maximum Gasteiger partial charge on any atom is 0.189 e. The smallest absolute Gasteiger partial charge is 0.189 e. The van der Waals surface area contributed by atoms with Crippen molar-refractivity contribution in [2.45, 2.75) is 32.4 Å². The lowest BCUT2D eigenvalue weighted by molar-refractivity contribution is 0.476. The van der Waals surface area contributed by atoms with E-state index in [9.17, 15) is 0 Å². The quantitative estimate of drug-likeness (QED) is 0.435. The van der Waals surface area contributed by atoms with Crippen LogP contribution >= 0.6 is 24.0 Å². The van der Waals surface area contributed by atoms with Crippen molar-refractivity contribution >= 4 is 29.9 Å². The van der Waals surface area contributed by atoms with Gasteiger partial charge in [0.15, 0.2) is 5.96 Å². The number of ether oxygens (including phenoxy) is 1. The number of para-hydroxylation sites is 1. The lowest BCUT2D eigenvalue weighted by atomic mass is 10.2. The number of nitrogens with two attached hydrogens (primary N) is 1. The molecule has 1 fully saturated rings. The highest BCUT2D eigenvalue weighted by molar-refractivity contribution is 14.0. The second-order valence-electron chi connectivity index (χ2n) is 5.65. The van der Waals surface area contributed by atoms with Crippen LogP contribution in [0.25, 0.3) is 0 Å². The Hall–Kier alpha value is -1.76. The number of guanidine groups is 1. The van der Waals surface area contributed by atoms with Crippen LogP contribution < -0.4 is 15.8 Å². The molecular formula is C18H22IN3O. The summed E-state index contributed by atoms with van der Waals surface area (Å²) >= 11 is 0. The molecule has 23 heavy (non-hydrogen) atoms. The normalized spacial score (nSPS) is 14.0. The van der Waals surface area contributed by atoms with Crippen molar-refractivity contribution in [1.82, 2.24) is 5.32 Å². The van der Waals surface area contributed by atoms with Gasteiger partial charge in [-0.2, -0.15) is 0 Å². The summed E-state index contributed by atoms with van der Waals surface area (Å²) in [6.45, 7) is 2.56. The Balaban J connectivity index is 0.00000192. The summed E-state index contributed by atoms with van der Waals surface area (Å²) in [6, 6.07) is 16.4. The monoisotopic (exact) mass is 423 g/mol. The second-order valence-corrected chi connectivity index (χ2v) is 5.65. The number of nitrogens with one attached hydrogen (secondary N) is 1. The van der Waals surface area contributed by atoms with Gasteiger partial charge in [0.25, 0.3) is 0 Å². The molecule has 0 unspecified atom stereocenters. The van der Waals surface area contributed by atoms with Gasteiger partial charge in [-0.3, -0.25) is 0 Å². The van der Waals surface area contributed by atoms with Crippen molar-refractivity contribution in [2.75, 3.05) is 0 Å². The molecule has 0 aromatic heterocycles. The SMILES string of the molecule is Cc1cccc(Oc2ccccc2CN=C(N)NC2CC2)c1.I. The lowest BCUT2D eigenvalue weighted by Crippen LogP contribution is -2.33. The van der Waals surface area contributed by atoms with Crippen molar-refractivity contribution in [3.63, 3.8) is 0 Å². The molecular weight excluding hydrogens is 401 g/mol. The topological polar surface area (TPSA) is 59.6 Å². The first kappa shape index (κ1) is 17.6. The molecule has 3 N–H and O–H groups in total. The van der Waals surface area contributed by atoms with Crippen molar-refractivity contribution in [3.05, 3.63) is 59.7 Å². The molecule has 3 rings (SSSR count). The molecule has 122 valence electrons. The minimum Gasteiger partial charge on any atom is -0.457 e. The Morgan fingerprint density at radius 2 is 2.00 bits per heavy atom. The predicted molar refractivity (Wildman–Crippen MR) is 105 cm³/mol. The summed E-state index contributed by atoms with van der Waals surface area (Å²) < 4.78 is 5.99. The van der Waals surface area contributed by atoms with Gasteiger partial charge in [0.1, 0.15) is 11.5 Å². The fourth-order valence-corrected chi connectivity index (χ4v) is 2.19. The van der Waals surface area contributed by atoms with Crippen molar-refractivity contribution < 1.29 is 4.74 Å². The first-order valence-electron chi connectivity index (χ1n) is 7.59. The van der Waals surface area contributed by atoms with Crippen molar-refractivity contribution in [1.29, 1.82) is 0 Å². The van der Waals surface area contributed by atoms with E-state index in [1.54, 1.807) is 0 Å². The van der Waals surface area contributed by atoms with Crippen LogP contribution in [0.1, 0.15) is 24.0 Å². The summed E-state index contributed by atoms with van der Waals surface area (Å²) in [5.74, 6) is 2.16. The van der Waals surface area contributed by atoms with Gasteiger partial charge in [-0.25, -0.2) is 4.99 Å². The molecule has 0 amide bonds. The van der Waals surface area contributed by atoms with Crippen LogP contribution in [0.5, 0.6) is 11.5 Å². The molecule has 0 heterocycles. The standard InChI is InChI=1S/C18H21N3O.HI/c1-13-5-4-7-16(11-13)22-17-8-3-2-6-14(17)12-20-18(19)21-15-9-10-15;/h2-8,11,15H,9-10,12H2,1H3,(H3,19,20,21);1H. The van der Waals surface area contributed by atoms with Gasteiger partial charge in [0.05, 0.1) is 6.54 Å². The van der Waals surface area contributed by atoms with Gasteiger partial charge in [-0.05, 0) is 43.5 Å². The summed E-state index contributed by atoms with van der Waals surface area (Å²) in [7, 11) is 0. The van der Waals surface area contributed by atoms with Gasteiger partial charge >= 0.3 is 0 Å². The largest absolute Gasteiger partial charge is 0.457 e. The van der Waals surface area contributed by atoms with Crippen LogP contribution in [0.4, 0.5) is 0 Å². The third kappa shape index (κ3) is 5.42. The van der Waals surface area contributed by atoms with E-state index >= 15 is 0 Å². The van der Waals surface area contributed by atoms with E-state index in [0.717, 1.165) is 17.1 Å². The summed E-state index contributed by atoms with van der Waals surface area (Å²) in [4.78, 5) is 4.40. The Morgan fingerprint density at radius 1 is 1.22 bits per heavy atom. The second kappa shape index (κ2) is 8.19. The zero-order valence-corrected chi connectivity index (χ0v) is 15.5. The maximum absolute atomic E-state index is 5.99. The van der Waals surface area contributed by atoms with Crippen LogP contribution in [0, 0.1) is 6.92 Å². The molecule has 0 saturated heterocycles. The van der Waals surface area contributed by atoms with E-state index in [4.69, 9.17) is 10.5 Å². The molecule has 1 saturated carbocycles. The Kier molecular flexibility index (Phi) is 6.27. The molecule has 0 aliphatic heterocycles. The average Bonchev–Trinajstić information content (AvgIpc) is 3.30. The molecule has 2 aromatic carbocycles.